The van der Waals surface area contributed by atoms with E-state index in [0.29, 0.717) is 25.7 Å². The Balaban J connectivity index is 4.69. The first kappa shape index (κ1) is 55.6. The monoisotopic (exact) mass is 812 g/mol. The van der Waals surface area contributed by atoms with Crippen molar-refractivity contribution in [2.24, 2.45) is 0 Å². The first-order valence-corrected chi connectivity index (χ1v) is 24.5. The summed E-state index contributed by atoms with van der Waals surface area (Å²) in [5.74, 6) is -0.551. The molecular formula is C52H93NO5. The molecule has 0 aromatic rings. The van der Waals surface area contributed by atoms with Gasteiger partial charge in [-0.3, -0.25) is 9.59 Å². The van der Waals surface area contributed by atoms with E-state index in [-0.39, 0.29) is 24.9 Å². The Labute approximate surface area is 358 Å². The van der Waals surface area contributed by atoms with Crippen LogP contribution in [0.5, 0.6) is 0 Å². The van der Waals surface area contributed by atoms with E-state index in [2.05, 4.69) is 86.8 Å². The molecule has 0 saturated carbocycles. The summed E-state index contributed by atoms with van der Waals surface area (Å²) < 4.78 is 5.89. The fraction of sp³-hybridized carbons (Fsp3) is 0.769. The van der Waals surface area contributed by atoms with Crippen molar-refractivity contribution in [2.45, 2.75) is 251 Å². The van der Waals surface area contributed by atoms with Crippen LogP contribution in [-0.2, 0) is 14.3 Å². The number of ether oxygens (including phenoxy) is 1. The fourth-order valence-electron chi connectivity index (χ4n) is 7.06. The topological polar surface area (TPSA) is 95.9 Å². The summed E-state index contributed by atoms with van der Waals surface area (Å²) in [6.45, 7) is 6.40. The molecule has 0 radical (unpaired) electrons. The van der Waals surface area contributed by atoms with Crippen molar-refractivity contribution < 1.29 is 24.5 Å². The Hall–Kier alpha value is -2.44. The zero-order valence-electron chi connectivity index (χ0n) is 38.2. The largest absolute Gasteiger partial charge is 0.462 e. The number of unbranched alkanes of at least 4 members (excludes halogenated alkanes) is 21. The van der Waals surface area contributed by atoms with Crippen LogP contribution in [0.25, 0.3) is 0 Å². The van der Waals surface area contributed by atoms with Crippen LogP contribution < -0.4 is 5.32 Å². The molecule has 1 amide bonds. The molecule has 0 aliphatic heterocycles. The number of hydrogen-bond donors (Lipinski definition) is 3. The maximum atomic E-state index is 13.1. The predicted octanol–water partition coefficient (Wildman–Crippen LogP) is 14.5. The molecule has 0 aliphatic rings. The lowest BCUT2D eigenvalue weighted by Gasteiger charge is -2.24. The Morgan fingerprint density at radius 3 is 1.40 bits per heavy atom. The number of amides is 1. The van der Waals surface area contributed by atoms with Crippen LogP contribution in [0, 0.1) is 0 Å². The number of aliphatic hydroxyl groups is 2. The van der Waals surface area contributed by atoms with Crippen molar-refractivity contribution in [1.82, 2.24) is 5.32 Å². The van der Waals surface area contributed by atoms with Gasteiger partial charge in [0.25, 0.3) is 0 Å². The first-order chi connectivity index (χ1) is 28.5. The minimum absolute atomic E-state index is 0.0488. The fourth-order valence-corrected chi connectivity index (χ4v) is 7.06. The number of aliphatic hydroxyl groups excluding tert-OH is 2. The maximum absolute atomic E-state index is 13.1. The van der Waals surface area contributed by atoms with Gasteiger partial charge in [0.2, 0.25) is 5.91 Å². The highest BCUT2D eigenvalue weighted by Crippen LogP contribution is 2.17. The molecule has 6 heteroatoms. The van der Waals surface area contributed by atoms with Crippen molar-refractivity contribution in [3.8, 4) is 0 Å². The lowest BCUT2D eigenvalue weighted by molar-refractivity contribution is -0.151. The smallest absolute Gasteiger partial charge is 0.306 e. The molecule has 0 heterocycles. The molecular weight excluding hydrogens is 719 g/mol. The average molecular weight is 812 g/mol. The van der Waals surface area contributed by atoms with Gasteiger partial charge < -0.3 is 20.3 Å². The number of allylic oxidation sites excluding steroid dienone is 10. The Bertz CT molecular complexity index is 1050. The SMILES string of the molecule is CCCCC/C=C\C/C=C\C/C=C\C/C=C\CCCC(=O)OC(CCCCCCC/C=C\CCCCCC)CC(=O)NC(CO)C(O)CCCCCCCCCCC. The lowest BCUT2D eigenvalue weighted by Crippen LogP contribution is -2.46. The molecule has 3 N–H and O–H groups in total. The number of hydrogen-bond acceptors (Lipinski definition) is 5. The Morgan fingerprint density at radius 2 is 0.879 bits per heavy atom. The summed E-state index contributed by atoms with van der Waals surface area (Å²) in [4.78, 5) is 26.0. The highest BCUT2D eigenvalue weighted by molar-refractivity contribution is 5.77. The second-order valence-corrected chi connectivity index (χ2v) is 16.5. The van der Waals surface area contributed by atoms with Crippen LogP contribution in [-0.4, -0.2) is 46.9 Å². The van der Waals surface area contributed by atoms with E-state index in [1.54, 1.807) is 0 Å². The third-order valence-electron chi connectivity index (χ3n) is 10.8. The maximum Gasteiger partial charge on any atom is 0.306 e. The van der Waals surface area contributed by atoms with E-state index in [4.69, 9.17) is 4.74 Å². The Kier molecular flexibility index (Phi) is 43.7. The molecule has 336 valence electrons. The average Bonchev–Trinajstić information content (AvgIpc) is 3.22. The normalized spacial score (nSPS) is 13.8. The number of esters is 1. The molecule has 0 aliphatic carbocycles. The second-order valence-electron chi connectivity index (χ2n) is 16.5. The van der Waals surface area contributed by atoms with Crippen LogP contribution in [0.3, 0.4) is 0 Å². The van der Waals surface area contributed by atoms with E-state index >= 15 is 0 Å². The van der Waals surface area contributed by atoms with Gasteiger partial charge in [-0.25, -0.2) is 0 Å². The van der Waals surface area contributed by atoms with Gasteiger partial charge >= 0.3 is 5.97 Å². The predicted molar refractivity (Wildman–Crippen MR) is 250 cm³/mol. The molecule has 6 nitrogen and oxygen atoms in total. The Morgan fingerprint density at radius 1 is 0.500 bits per heavy atom. The summed E-state index contributed by atoms with van der Waals surface area (Å²) in [5, 5.41) is 23.6. The molecule has 0 fully saturated rings. The van der Waals surface area contributed by atoms with E-state index in [1.807, 2.05) is 0 Å². The van der Waals surface area contributed by atoms with E-state index < -0.39 is 18.2 Å². The van der Waals surface area contributed by atoms with Gasteiger partial charge in [0, 0.05) is 6.42 Å². The van der Waals surface area contributed by atoms with Gasteiger partial charge in [0.05, 0.1) is 25.2 Å². The van der Waals surface area contributed by atoms with Crippen molar-refractivity contribution in [3.63, 3.8) is 0 Å². The summed E-state index contributed by atoms with van der Waals surface area (Å²) in [6.07, 6.45) is 55.7. The summed E-state index contributed by atoms with van der Waals surface area (Å²) in [5.41, 5.74) is 0. The molecule has 3 unspecified atom stereocenters. The van der Waals surface area contributed by atoms with Crippen molar-refractivity contribution in [1.29, 1.82) is 0 Å². The molecule has 0 bridgehead atoms. The molecule has 0 saturated heterocycles. The summed E-state index contributed by atoms with van der Waals surface area (Å²) in [7, 11) is 0. The highest BCUT2D eigenvalue weighted by atomic mass is 16.5. The van der Waals surface area contributed by atoms with Crippen molar-refractivity contribution >= 4 is 11.9 Å². The molecule has 0 rings (SSSR count). The van der Waals surface area contributed by atoms with Gasteiger partial charge in [-0.15, -0.1) is 0 Å². The molecule has 0 aromatic heterocycles. The highest BCUT2D eigenvalue weighted by Gasteiger charge is 2.24. The summed E-state index contributed by atoms with van der Waals surface area (Å²) in [6, 6.07) is -0.714. The van der Waals surface area contributed by atoms with Crippen LogP contribution in [0.1, 0.15) is 233 Å². The van der Waals surface area contributed by atoms with Crippen molar-refractivity contribution in [3.05, 3.63) is 60.8 Å². The van der Waals surface area contributed by atoms with Gasteiger partial charge in [-0.1, -0.05) is 191 Å². The third-order valence-corrected chi connectivity index (χ3v) is 10.8. The van der Waals surface area contributed by atoms with Crippen molar-refractivity contribution in [2.75, 3.05) is 6.61 Å². The second kappa shape index (κ2) is 45.6. The number of carbonyl (C=O) groups excluding carboxylic acids is 2. The molecule has 0 aromatic carbocycles. The lowest BCUT2D eigenvalue weighted by atomic mass is 10.0. The zero-order valence-corrected chi connectivity index (χ0v) is 38.2. The zero-order chi connectivity index (χ0) is 42.4. The van der Waals surface area contributed by atoms with E-state index in [0.717, 1.165) is 70.6 Å². The standard InChI is InChI=1S/C52H93NO5/c1-4-7-10-13-16-19-21-23-24-25-26-28-30-33-36-39-42-45-52(57)58-48(43-40-37-34-32-29-27-22-20-17-14-11-8-5-2)46-51(56)53-49(47-54)50(55)44-41-38-35-31-18-15-12-9-6-3/h16,19-20,22-24,26,28,33,36,48-50,54-55H,4-15,17-18,21,25,27,29-32,34-35,37-47H2,1-3H3,(H,53,56)/b19-16-,22-20-,24-23-,28-26-,36-33-. The minimum atomic E-state index is -0.798. The number of nitrogens with one attached hydrogen (secondary N) is 1. The molecule has 0 spiro atoms. The van der Waals surface area contributed by atoms with E-state index in [9.17, 15) is 19.8 Å². The first-order valence-electron chi connectivity index (χ1n) is 24.5. The number of rotatable bonds is 43. The minimum Gasteiger partial charge on any atom is -0.462 e. The third kappa shape index (κ3) is 40.3. The van der Waals surface area contributed by atoms with Crippen LogP contribution in [0.4, 0.5) is 0 Å². The van der Waals surface area contributed by atoms with E-state index in [1.165, 1.54) is 109 Å². The van der Waals surface area contributed by atoms with Gasteiger partial charge in [-0.05, 0) is 89.9 Å². The van der Waals surface area contributed by atoms with Gasteiger partial charge in [-0.2, -0.15) is 0 Å². The quantitative estimate of drug-likeness (QED) is 0.0324. The molecule has 3 atom stereocenters. The van der Waals surface area contributed by atoms with Crippen LogP contribution in [0.15, 0.2) is 60.8 Å². The summed E-state index contributed by atoms with van der Waals surface area (Å²) >= 11 is 0. The molecule has 58 heavy (non-hydrogen) atoms. The van der Waals surface area contributed by atoms with Crippen LogP contribution in [0.2, 0.25) is 0 Å². The van der Waals surface area contributed by atoms with Gasteiger partial charge in [0.1, 0.15) is 6.10 Å². The number of carbonyl (C=O) groups is 2. The van der Waals surface area contributed by atoms with Gasteiger partial charge in [0.15, 0.2) is 0 Å². The van der Waals surface area contributed by atoms with Crippen LogP contribution >= 0.6 is 0 Å².